The number of carbonyl (C=O) groups is 1. The van der Waals surface area contributed by atoms with Gasteiger partial charge in [-0.1, -0.05) is 5.16 Å². The molecule has 0 saturated heterocycles. The van der Waals surface area contributed by atoms with Crippen LogP contribution in [0.4, 0.5) is 5.82 Å². The molecule has 0 radical (unpaired) electrons. The van der Waals surface area contributed by atoms with E-state index in [-0.39, 0.29) is 6.79 Å². The van der Waals surface area contributed by atoms with Crippen molar-refractivity contribution < 1.29 is 18.8 Å². The van der Waals surface area contributed by atoms with E-state index >= 15 is 0 Å². The SMILES string of the molecule is NC(=O)c1cccnc1N1CCc2onc(-c3ccc4c(c3)OCO4)c2C1. The summed E-state index contributed by atoms with van der Waals surface area (Å²) in [6, 6.07) is 9.08. The highest BCUT2D eigenvalue weighted by molar-refractivity contribution is 5.97. The lowest BCUT2D eigenvalue weighted by molar-refractivity contribution is 0.100. The fourth-order valence-electron chi connectivity index (χ4n) is 3.50. The number of ether oxygens (including phenoxy) is 2. The Labute approximate surface area is 154 Å². The van der Waals surface area contributed by atoms with Gasteiger partial charge in [0, 0.05) is 30.3 Å². The Morgan fingerprint density at radius 1 is 1.19 bits per heavy atom. The maximum absolute atomic E-state index is 11.8. The Morgan fingerprint density at radius 3 is 2.96 bits per heavy atom. The third-order valence-corrected chi connectivity index (χ3v) is 4.82. The van der Waals surface area contributed by atoms with E-state index in [2.05, 4.69) is 10.1 Å². The molecule has 8 nitrogen and oxygen atoms in total. The summed E-state index contributed by atoms with van der Waals surface area (Å²) in [7, 11) is 0. The van der Waals surface area contributed by atoms with Crippen LogP contribution < -0.4 is 20.1 Å². The molecule has 0 fully saturated rings. The zero-order valence-corrected chi connectivity index (χ0v) is 14.3. The van der Waals surface area contributed by atoms with Gasteiger partial charge < -0.3 is 24.6 Å². The summed E-state index contributed by atoms with van der Waals surface area (Å²) in [5.74, 6) is 2.34. The van der Waals surface area contributed by atoms with E-state index in [1.54, 1.807) is 18.3 Å². The van der Waals surface area contributed by atoms with E-state index in [9.17, 15) is 4.79 Å². The number of nitrogens with two attached hydrogens (primary N) is 1. The monoisotopic (exact) mass is 364 g/mol. The Hall–Kier alpha value is -3.55. The minimum absolute atomic E-state index is 0.221. The van der Waals surface area contributed by atoms with E-state index in [1.807, 2.05) is 23.1 Å². The molecule has 0 spiro atoms. The molecular formula is C19H16N4O4. The lowest BCUT2D eigenvalue weighted by Crippen LogP contribution is -2.32. The molecule has 3 aromatic rings. The molecule has 2 aliphatic rings. The zero-order chi connectivity index (χ0) is 18.4. The summed E-state index contributed by atoms with van der Waals surface area (Å²) in [5, 5.41) is 4.27. The number of nitrogens with zero attached hydrogens (tertiary/aromatic N) is 3. The summed E-state index contributed by atoms with van der Waals surface area (Å²) in [4.78, 5) is 18.1. The summed E-state index contributed by atoms with van der Waals surface area (Å²) in [5.41, 5.74) is 8.53. The molecule has 4 heterocycles. The van der Waals surface area contributed by atoms with Gasteiger partial charge in [0.25, 0.3) is 5.91 Å². The van der Waals surface area contributed by atoms with Crippen molar-refractivity contribution in [3.63, 3.8) is 0 Å². The molecule has 5 rings (SSSR count). The smallest absolute Gasteiger partial charge is 0.252 e. The van der Waals surface area contributed by atoms with Crippen LogP contribution in [0, 0.1) is 0 Å². The number of pyridine rings is 1. The van der Waals surface area contributed by atoms with Crippen molar-refractivity contribution in [2.24, 2.45) is 5.73 Å². The van der Waals surface area contributed by atoms with Gasteiger partial charge in [-0.2, -0.15) is 0 Å². The standard InChI is InChI=1S/C19H16N4O4/c20-18(24)12-2-1-6-21-19(12)23-7-5-14-13(9-23)17(22-27-14)11-3-4-15-16(8-11)26-10-25-15/h1-4,6,8H,5,7,9-10H2,(H2,20,24). The van der Waals surface area contributed by atoms with Gasteiger partial charge in [0.05, 0.1) is 12.1 Å². The molecule has 8 heteroatoms. The molecule has 2 aliphatic heterocycles. The summed E-state index contributed by atoms with van der Waals surface area (Å²) < 4.78 is 16.4. The Morgan fingerprint density at radius 2 is 2.07 bits per heavy atom. The summed E-state index contributed by atoms with van der Waals surface area (Å²) >= 11 is 0. The highest BCUT2D eigenvalue weighted by Crippen LogP contribution is 2.38. The van der Waals surface area contributed by atoms with Gasteiger partial charge in [0.2, 0.25) is 6.79 Å². The normalized spacial score (nSPS) is 14.9. The van der Waals surface area contributed by atoms with Crippen LogP contribution >= 0.6 is 0 Å². The van der Waals surface area contributed by atoms with Gasteiger partial charge in [-0.05, 0) is 30.3 Å². The number of anilines is 1. The highest BCUT2D eigenvalue weighted by Gasteiger charge is 2.28. The van der Waals surface area contributed by atoms with Gasteiger partial charge in [0.1, 0.15) is 17.3 Å². The van der Waals surface area contributed by atoms with Crippen LogP contribution in [0.15, 0.2) is 41.1 Å². The fourth-order valence-corrected chi connectivity index (χ4v) is 3.50. The zero-order valence-electron chi connectivity index (χ0n) is 14.3. The number of primary amides is 1. The van der Waals surface area contributed by atoms with Crippen molar-refractivity contribution in [3.05, 3.63) is 53.4 Å². The molecule has 1 amide bonds. The van der Waals surface area contributed by atoms with Crippen LogP contribution in [-0.4, -0.2) is 29.4 Å². The van der Waals surface area contributed by atoms with Gasteiger partial charge in [-0.3, -0.25) is 4.79 Å². The summed E-state index contributed by atoms with van der Waals surface area (Å²) in [6.07, 6.45) is 2.32. The minimum atomic E-state index is -0.495. The molecule has 0 atom stereocenters. The number of rotatable bonds is 3. The number of hydrogen-bond donors (Lipinski definition) is 1. The van der Waals surface area contributed by atoms with Gasteiger partial charge in [-0.25, -0.2) is 4.98 Å². The molecule has 0 aliphatic carbocycles. The average Bonchev–Trinajstić information content (AvgIpc) is 3.33. The Bertz CT molecular complexity index is 1050. The van der Waals surface area contributed by atoms with Crippen molar-refractivity contribution in [2.75, 3.05) is 18.2 Å². The van der Waals surface area contributed by atoms with Crippen LogP contribution in [0.25, 0.3) is 11.3 Å². The van der Waals surface area contributed by atoms with Gasteiger partial charge in [-0.15, -0.1) is 0 Å². The Kier molecular flexibility index (Phi) is 3.49. The molecule has 2 N–H and O–H groups in total. The van der Waals surface area contributed by atoms with E-state index < -0.39 is 5.91 Å². The molecule has 27 heavy (non-hydrogen) atoms. The number of amides is 1. The van der Waals surface area contributed by atoms with E-state index in [4.69, 9.17) is 19.7 Å². The average molecular weight is 364 g/mol. The number of fused-ring (bicyclic) bond motifs is 2. The van der Waals surface area contributed by atoms with Crippen LogP contribution in [0.3, 0.4) is 0 Å². The van der Waals surface area contributed by atoms with Crippen molar-refractivity contribution >= 4 is 11.7 Å². The largest absolute Gasteiger partial charge is 0.454 e. The molecule has 2 aromatic heterocycles. The first-order valence-electron chi connectivity index (χ1n) is 8.58. The van der Waals surface area contributed by atoms with Crippen molar-refractivity contribution in [2.45, 2.75) is 13.0 Å². The van der Waals surface area contributed by atoms with Crippen molar-refractivity contribution in [1.29, 1.82) is 0 Å². The quantitative estimate of drug-likeness (QED) is 0.759. The fraction of sp³-hybridized carbons (Fsp3) is 0.211. The lowest BCUT2D eigenvalue weighted by atomic mass is 10.0. The van der Waals surface area contributed by atoms with Crippen LogP contribution in [0.2, 0.25) is 0 Å². The maximum Gasteiger partial charge on any atom is 0.252 e. The molecule has 0 saturated carbocycles. The minimum Gasteiger partial charge on any atom is -0.454 e. The number of benzene rings is 1. The number of hydrogen-bond acceptors (Lipinski definition) is 7. The molecule has 1 aromatic carbocycles. The van der Waals surface area contributed by atoms with Crippen molar-refractivity contribution in [1.82, 2.24) is 10.1 Å². The second-order valence-corrected chi connectivity index (χ2v) is 6.41. The predicted octanol–water partition coefficient (Wildman–Crippen LogP) is 2.13. The highest BCUT2D eigenvalue weighted by atomic mass is 16.7. The van der Waals surface area contributed by atoms with E-state index in [1.165, 1.54) is 0 Å². The second-order valence-electron chi connectivity index (χ2n) is 6.41. The second kappa shape index (κ2) is 6.01. The van der Waals surface area contributed by atoms with Crippen LogP contribution in [-0.2, 0) is 13.0 Å². The first-order chi connectivity index (χ1) is 13.2. The van der Waals surface area contributed by atoms with E-state index in [0.717, 1.165) is 28.3 Å². The van der Waals surface area contributed by atoms with Crippen molar-refractivity contribution in [3.8, 4) is 22.8 Å². The van der Waals surface area contributed by atoms with Crippen LogP contribution in [0.1, 0.15) is 21.7 Å². The predicted molar refractivity (Wildman–Crippen MR) is 95.6 cm³/mol. The molecule has 136 valence electrons. The number of aromatic nitrogens is 2. The third-order valence-electron chi connectivity index (χ3n) is 4.82. The number of carbonyl (C=O) groups excluding carboxylic acids is 1. The van der Waals surface area contributed by atoms with Gasteiger partial charge in [0.15, 0.2) is 11.5 Å². The molecule has 0 bridgehead atoms. The maximum atomic E-state index is 11.8. The topological polar surface area (TPSA) is 104 Å². The molecule has 0 unspecified atom stereocenters. The first-order valence-corrected chi connectivity index (χ1v) is 8.58. The lowest BCUT2D eigenvalue weighted by Gasteiger charge is -2.28. The Balaban J connectivity index is 1.52. The summed E-state index contributed by atoms with van der Waals surface area (Å²) in [6.45, 7) is 1.42. The van der Waals surface area contributed by atoms with E-state index in [0.29, 0.717) is 36.6 Å². The first kappa shape index (κ1) is 15.7. The molecular weight excluding hydrogens is 348 g/mol. The van der Waals surface area contributed by atoms with Crippen LogP contribution in [0.5, 0.6) is 11.5 Å². The van der Waals surface area contributed by atoms with Gasteiger partial charge >= 0.3 is 0 Å². The third kappa shape index (κ3) is 2.57.